The number of aliphatic hydroxyl groups is 1. The van der Waals surface area contributed by atoms with E-state index in [9.17, 15) is 5.11 Å². The Morgan fingerprint density at radius 3 is 2.78 bits per heavy atom. The Morgan fingerprint density at radius 1 is 1.19 bits per heavy atom. The molecule has 1 aliphatic heterocycles. The molecular formula is C21H32N4O2. The number of aromatic nitrogens is 2. The van der Waals surface area contributed by atoms with Crippen LogP contribution in [0.2, 0.25) is 0 Å². The van der Waals surface area contributed by atoms with Crippen molar-refractivity contribution in [2.75, 3.05) is 26.2 Å². The number of piperidine rings is 1. The number of ether oxygens (including phenoxy) is 1. The number of nitrogens with zero attached hydrogens (tertiary/aromatic N) is 3. The summed E-state index contributed by atoms with van der Waals surface area (Å²) < 4.78 is 7.86. The molecule has 1 aliphatic rings. The Hall–Kier alpha value is -1.89. The smallest absolute Gasteiger partial charge is 0.123 e. The lowest BCUT2D eigenvalue weighted by Crippen LogP contribution is -2.38. The molecule has 27 heavy (non-hydrogen) atoms. The zero-order valence-corrected chi connectivity index (χ0v) is 16.3. The van der Waals surface area contributed by atoms with E-state index in [1.54, 1.807) is 0 Å². The molecule has 0 amide bonds. The third kappa shape index (κ3) is 6.34. The van der Waals surface area contributed by atoms with Gasteiger partial charge in [-0.15, -0.1) is 0 Å². The second-order valence-corrected chi connectivity index (χ2v) is 7.24. The van der Waals surface area contributed by atoms with Gasteiger partial charge >= 0.3 is 0 Å². The lowest BCUT2D eigenvalue weighted by molar-refractivity contribution is 0.0614. The van der Waals surface area contributed by atoms with Crippen molar-refractivity contribution in [3.8, 4) is 5.75 Å². The first-order chi connectivity index (χ1) is 13.2. The lowest BCUT2D eigenvalue weighted by Gasteiger charge is -2.28. The lowest BCUT2D eigenvalue weighted by atomic mass is 10.1. The molecular weight excluding hydrogens is 340 g/mol. The molecule has 0 radical (unpaired) electrons. The fourth-order valence-corrected chi connectivity index (χ4v) is 3.48. The summed E-state index contributed by atoms with van der Waals surface area (Å²) in [5.74, 6) is 0.840. The Morgan fingerprint density at radius 2 is 2.00 bits per heavy atom. The Kier molecular flexibility index (Phi) is 7.68. The first-order valence-corrected chi connectivity index (χ1v) is 10.1. The highest BCUT2D eigenvalue weighted by Crippen LogP contribution is 2.18. The number of β-amino-alcohol motifs (C(OH)–C–C–N with tert-alkyl or cyclic N) is 1. The Labute approximate surface area is 162 Å². The fourth-order valence-electron chi connectivity index (χ4n) is 3.48. The molecule has 0 saturated carbocycles. The van der Waals surface area contributed by atoms with Gasteiger partial charge in [0.05, 0.1) is 6.20 Å². The van der Waals surface area contributed by atoms with Gasteiger partial charge in [0.1, 0.15) is 18.5 Å². The van der Waals surface area contributed by atoms with Crippen molar-refractivity contribution >= 4 is 0 Å². The number of nitrogens with one attached hydrogen (secondary N) is 1. The summed E-state index contributed by atoms with van der Waals surface area (Å²) in [4.78, 5) is 2.33. The molecule has 3 rings (SSSR count). The van der Waals surface area contributed by atoms with Crippen LogP contribution in [0.1, 0.15) is 37.3 Å². The van der Waals surface area contributed by atoms with Crippen LogP contribution in [-0.2, 0) is 19.6 Å². The summed E-state index contributed by atoms with van der Waals surface area (Å²) in [5.41, 5.74) is 2.28. The zero-order valence-electron chi connectivity index (χ0n) is 16.3. The minimum absolute atomic E-state index is 0.330. The largest absolute Gasteiger partial charge is 0.491 e. The minimum Gasteiger partial charge on any atom is -0.491 e. The standard InChI is InChI=1S/C21H32N4O2/c1-2-25-15-18(13-23-25)12-22-14-19-8-4-5-9-21(19)27-17-20(26)16-24-10-6-3-7-11-24/h4-5,8-9,13,15,20,22,26H,2-3,6-7,10-12,14,16-17H2,1H3/t20-/m1/s1. The van der Waals surface area contributed by atoms with Gasteiger partial charge in [-0.3, -0.25) is 4.68 Å². The van der Waals surface area contributed by atoms with E-state index in [4.69, 9.17) is 4.74 Å². The van der Waals surface area contributed by atoms with Crippen LogP contribution in [-0.4, -0.2) is 52.1 Å². The van der Waals surface area contributed by atoms with Gasteiger partial charge in [0, 0.05) is 43.5 Å². The number of hydrogen-bond donors (Lipinski definition) is 2. The first kappa shape index (κ1) is 19.9. The van der Waals surface area contributed by atoms with Crippen molar-refractivity contribution in [1.29, 1.82) is 0 Å². The summed E-state index contributed by atoms with van der Waals surface area (Å²) in [6, 6.07) is 8.03. The van der Waals surface area contributed by atoms with Crippen molar-refractivity contribution in [3.63, 3.8) is 0 Å². The molecule has 0 unspecified atom stereocenters. The van der Waals surface area contributed by atoms with Crippen molar-refractivity contribution in [3.05, 3.63) is 47.8 Å². The van der Waals surface area contributed by atoms with Crippen LogP contribution in [0, 0.1) is 0 Å². The van der Waals surface area contributed by atoms with E-state index in [1.165, 1.54) is 24.8 Å². The maximum Gasteiger partial charge on any atom is 0.123 e. The van der Waals surface area contributed by atoms with Crippen LogP contribution in [0.5, 0.6) is 5.75 Å². The number of hydrogen-bond acceptors (Lipinski definition) is 5. The molecule has 2 heterocycles. The van der Waals surface area contributed by atoms with E-state index in [2.05, 4.69) is 34.5 Å². The zero-order chi connectivity index (χ0) is 18.9. The predicted molar refractivity (Wildman–Crippen MR) is 107 cm³/mol. The average Bonchev–Trinajstić information content (AvgIpc) is 3.16. The van der Waals surface area contributed by atoms with Crippen molar-refractivity contribution in [2.45, 2.75) is 51.9 Å². The third-order valence-corrected chi connectivity index (χ3v) is 4.98. The molecule has 0 aliphatic carbocycles. The van der Waals surface area contributed by atoms with Crippen LogP contribution >= 0.6 is 0 Å². The van der Waals surface area contributed by atoms with Gasteiger partial charge < -0.3 is 20.1 Å². The average molecular weight is 373 g/mol. The topological polar surface area (TPSA) is 62.6 Å². The summed E-state index contributed by atoms with van der Waals surface area (Å²) in [7, 11) is 0. The van der Waals surface area contributed by atoms with Crippen molar-refractivity contribution in [2.24, 2.45) is 0 Å². The molecule has 2 N–H and O–H groups in total. The van der Waals surface area contributed by atoms with Gasteiger partial charge in [-0.2, -0.15) is 5.10 Å². The molecule has 1 fully saturated rings. The molecule has 6 heteroatoms. The normalized spacial score (nSPS) is 16.4. The van der Waals surface area contributed by atoms with E-state index in [0.29, 0.717) is 13.2 Å². The summed E-state index contributed by atoms with van der Waals surface area (Å²) in [6.07, 6.45) is 7.28. The van der Waals surface area contributed by atoms with E-state index in [0.717, 1.165) is 44.0 Å². The van der Waals surface area contributed by atoms with Crippen LogP contribution in [0.3, 0.4) is 0 Å². The Bertz CT molecular complexity index is 682. The van der Waals surface area contributed by atoms with Gasteiger partial charge in [0.15, 0.2) is 0 Å². The van der Waals surface area contributed by atoms with Gasteiger partial charge in [0.25, 0.3) is 0 Å². The van der Waals surface area contributed by atoms with Gasteiger partial charge in [-0.25, -0.2) is 0 Å². The van der Waals surface area contributed by atoms with Gasteiger partial charge in [-0.1, -0.05) is 24.6 Å². The van der Waals surface area contributed by atoms with Crippen molar-refractivity contribution in [1.82, 2.24) is 20.0 Å². The van der Waals surface area contributed by atoms with E-state index >= 15 is 0 Å². The number of benzene rings is 1. The second-order valence-electron chi connectivity index (χ2n) is 7.24. The molecule has 1 atom stereocenters. The first-order valence-electron chi connectivity index (χ1n) is 10.1. The minimum atomic E-state index is -0.455. The van der Waals surface area contributed by atoms with E-state index in [-0.39, 0.29) is 0 Å². The SMILES string of the molecule is CCn1cc(CNCc2ccccc2OC[C@H](O)CN2CCCCC2)cn1. The monoisotopic (exact) mass is 372 g/mol. The maximum absolute atomic E-state index is 10.3. The van der Waals surface area contributed by atoms with Crippen molar-refractivity contribution < 1.29 is 9.84 Å². The highest BCUT2D eigenvalue weighted by molar-refractivity contribution is 5.33. The molecule has 148 valence electrons. The number of aryl methyl sites for hydroxylation is 1. The van der Waals surface area contributed by atoms with Gasteiger partial charge in [-0.05, 0) is 38.9 Å². The highest BCUT2D eigenvalue weighted by Gasteiger charge is 2.15. The third-order valence-electron chi connectivity index (χ3n) is 4.98. The summed E-state index contributed by atoms with van der Waals surface area (Å²) in [5, 5.41) is 18.1. The van der Waals surface area contributed by atoms with E-state index < -0.39 is 6.10 Å². The number of para-hydroxylation sites is 1. The highest BCUT2D eigenvalue weighted by atomic mass is 16.5. The molecule has 2 aromatic rings. The number of aliphatic hydroxyl groups excluding tert-OH is 1. The predicted octanol–water partition coefficient (Wildman–Crippen LogP) is 2.42. The van der Waals surface area contributed by atoms with Crippen LogP contribution in [0.4, 0.5) is 0 Å². The van der Waals surface area contributed by atoms with Crippen LogP contribution < -0.4 is 10.1 Å². The quantitative estimate of drug-likeness (QED) is 0.671. The summed E-state index contributed by atoms with van der Waals surface area (Å²) in [6.45, 7) is 7.66. The second kappa shape index (κ2) is 10.4. The van der Waals surface area contributed by atoms with Gasteiger partial charge in [0.2, 0.25) is 0 Å². The summed E-state index contributed by atoms with van der Waals surface area (Å²) >= 11 is 0. The van der Waals surface area contributed by atoms with Crippen LogP contribution in [0.15, 0.2) is 36.7 Å². The molecule has 0 bridgehead atoms. The molecule has 1 aromatic carbocycles. The fraction of sp³-hybridized carbons (Fsp3) is 0.571. The van der Waals surface area contributed by atoms with E-state index in [1.807, 2.05) is 29.1 Å². The molecule has 1 saturated heterocycles. The Balaban J connectivity index is 1.45. The maximum atomic E-state index is 10.3. The number of rotatable bonds is 10. The van der Waals surface area contributed by atoms with Crippen LogP contribution in [0.25, 0.3) is 0 Å². The molecule has 1 aromatic heterocycles. The number of likely N-dealkylation sites (tertiary alicyclic amines) is 1. The molecule has 6 nitrogen and oxygen atoms in total. The molecule has 0 spiro atoms.